The monoisotopic (exact) mass is 436 g/mol. The van der Waals surface area contributed by atoms with Crippen LogP contribution in [0.25, 0.3) is 0 Å². The Morgan fingerprint density at radius 3 is 2.37 bits per heavy atom. The molecule has 0 unspecified atom stereocenters. The van der Waals surface area contributed by atoms with E-state index in [-0.39, 0.29) is 12.0 Å². The first-order chi connectivity index (χ1) is 14.7. The highest BCUT2D eigenvalue weighted by Crippen LogP contribution is 2.48. The summed E-state index contributed by atoms with van der Waals surface area (Å²) < 4.78 is 5.29. The summed E-state index contributed by atoms with van der Waals surface area (Å²) in [6, 6.07) is 15.4. The number of benzene rings is 2. The summed E-state index contributed by atoms with van der Waals surface area (Å²) in [7, 11) is 0. The summed E-state index contributed by atoms with van der Waals surface area (Å²) in [5, 5.41) is 3.61. The number of para-hydroxylation sites is 2. The molecule has 1 aliphatic heterocycles. The van der Waals surface area contributed by atoms with Crippen molar-refractivity contribution in [3.8, 4) is 0 Å². The van der Waals surface area contributed by atoms with E-state index in [1.807, 2.05) is 48.5 Å². The van der Waals surface area contributed by atoms with E-state index < -0.39 is 0 Å². The Morgan fingerprint density at radius 2 is 1.70 bits per heavy atom. The minimum absolute atomic E-state index is 0.277. The van der Waals surface area contributed by atoms with Crippen LogP contribution in [0.4, 0.5) is 21.2 Å². The molecule has 7 heteroatoms. The molecule has 2 heterocycles. The normalized spacial score (nSPS) is 14.0. The van der Waals surface area contributed by atoms with Gasteiger partial charge in [-0.3, -0.25) is 10.2 Å². The van der Waals surface area contributed by atoms with Gasteiger partial charge in [-0.1, -0.05) is 36.0 Å². The first-order valence-corrected chi connectivity index (χ1v) is 11.6. The fraction of sp³-hybridized carbons (Fsp3) is 0.217. The lowest BCUT2D eigenvalue weighted by Gasteiger charge is -2.30. The standard InChI is InChI=1S/C23H20N2O3S2/c1-2-28-22(26)20-14-8-7-13-17(14)30-21(20)24-23(27)25-15-9-3-5-11-18(15)29-19-12-6-4-10-16(19)25/h3-6,9-12H,2,7-8,13H2,1H3,(H,24,27). The number of rotatable bonds is 3. The molecule has 0 saturated heterocycles. The molecule has 0 atom stereocenters. The smallest absolute Gasteiger partial charge is 0.341 e. The Balaban J connectivity index is 1.54. The average Bonchev–Trinajstić information content (AvgIpc) is 3.32. The molecule has 2 amide bonds. The Bertz CT molecular complexity index is 1110. The van der Waals surface area contributed by atoms with Crippen LogP contribution in [0.2, 0.25) is 0 Å². The van der Waals surface area contributed by atoms with Crippen LogP contribution in [0.1, 0.15) is 34.1 Å². The number of aryl methyl sites for hydroxylation is 1. The predicted molar refractivity (Wildman–Crippen MR) is 120 cm³/mol. The molecule has 0 spiro atoms. The van der Waals surface area contributed by atoms with E-state index in [1.54, 1.807) is 23.6 Å². The lowest BCUT2D eigenvalue weighted by molar-refractivity contribution is 0.0527. The Hall–Kier alpha value is -2.77. The second-order valence-corrected chi connectivity index (χ2v) is 9.27. The fourth-order valence-corrected chi connectivity index (χ4v) is 6.31. The van der Waals surface area contributed by atoms with Gasteiger partial charge in [-0.15, -0.1) is 11.3 Å². The van der Waals surface area contributed by atoms with E-state index in [9.17, 15) is 9.59 Å². The van der Waals surface area contributed by atoms with Crippen LogP contribution in [-0.2, 0) is 17.6 Å². The van der Waals surface area contributed by atoms with Crippen LogP contribution in [0.5, 0.6) is 0 Å². The summed E-state index contributed by atoms with van der Waals surface area (Å²) >= 11 is 3.14. The third-order valence-electron chi connectivity index (χ3n) is 5.26. The van der Waals surface area contributed by atoms with Crippen LogP contribution in [0.15, 0.2) is 58.3 Å². The van der Waals surface area contributed by atoms with E-state index in [0.29, 0.717) is 17.2 Å². The largest absolute Gasteiger partial charge is 0.462 e. The van der Waals surface area contributed by atoms with Crippen molar-refractivity contribution in [2.75, 3.05) is 16.8 Å². The number of carbonyl (C=O) groups is 2. The summed E-state index contributed by atoms with van der Waals surface area (Å²) in [5.41, 5.74) is 3.22. The fourth-order valence-electron chi connectivity index (χ4n) is 3.99. The SMILES string of the molecule is CCOC(=O)c1c(NC(=O)N2c3ccccc3Sc3ccccc32)sc2c1CCC2. The number of nitrogens with zero attached hydrogens (tertiary/aromatic N) is 1. The average molecular weight is 437 g/mol. The van der Waals surface area contributed by atoms with Crippen molar-refractivity contribution in [2.24, 2.45) is 0 Å². The molecule has 0 fully saturated rings. The number of nitrogens with one attached hydrogen (secondary N) is 1. The van der Waals surface area contributed by atoms with Gasteiger partial charge in [-0.25, -0.2) is 9.59 Å². The van der Waals surface area contributed by atoms with E-state index in [4.69, 9.17) is 4.74 Å². The minimum Gasteiger partial charge on any atom is -0.462 e. The molecule has 1 aromatic heterocycles. The van der Waals surface area contributed by atoms with Gasteiger partial charge in [0, 0.05) is 14.7 Å². The van der Waals surface area contributed by atoms with Crippen LogP contribution in [0, 0.1) is 0 Å². The number of carbonyl (C=O) groups excluding carboxylic acids is 2. The topological polar surface area (TPSA) is 58.6 Å². The van der Waals surface area contributed by atoms with Crippen LogP contribution in [0.3, 0.4) is 0 Å². The number of hydrogen-bond donors (Lipinski definition) is 1. The first kappa shape index (κ1) is 19.2. The Labute approximate surface area is 183 Å². The lowest BCUT2D eigenvalue weighted by atomic mass is 10.1. The van der Waals surface area contributed by atoms with Gasteiger partial charge in [0.15, 0.2) is 0 Å². The molecule has 1 aliphatic carbocycles. The van der Waals surface area contributed by atoms with E-state index >= 15 is 0 Å². The van der Waals surface area contributed by atoms with Crippen molar-refractivity contribution in [1.29, 1.82) is 0 Å². The van der Waals surface area contributed by atoms with Crippen molar-refractivity contribution in [1.82, 2.24) is 0 Å². The third-order valence-corrected chi connectivity index (χ3v) is 7.59. The number of thiophene rings is 1. The zero-order valence-electron chi connectivity index (χ0n) is 16.4. The van der Waals surface area contributed by atoms with Gasteiger partial charge < -0.3 is 4.74 Å². The molecule has 30 heavy (non-hydrogen) atoms. The van der Waals surface area contributed by atoms with E-state index in [1.165, 1.54) is 16.2 Å². The van der Waals surface area contributed by atoms with Crippen molar-refractivity contribution in [3.63, 3.8) is 0 Å². The summed E-state index contributed by atoms with van der Waals surface area (Å²) in [5.74, 6) is -0.359. The molecule has 0 bridgehead atoms. The van der Waals surface area contributed by atoms with Crippen LogP contribution >= 0.6 is 23.1 Å². The van der Waals surface area contributed by atoms with Crippen molar-refractivity contribution < 1.29 is 14.3 Å². The molecule has 1 N–H and O–H groups in total. The number of fused-ring (bicyclic) bond motifs is 3. The number of ether oxygens (including phenoxy) is 1. The Morgan fingerprint density at radius 1 is 1.03 bits per heavy atom. The second kappa shape index (κ2) is 7.81. The number of anilines is 3. The van der Waals surface area contributed by atoms with E-state index in [2.05, 4.69) is 5.32 Å². The highest BCUT2D eigenvalue weighted by atomic mass is 32.2. The molecule has 5 rings (SSSR count). The molecule has 2 aromatic carbocycles. The van der Waals surface area contributed by atoms with Gasteiger partial charge in [0.05, 0.1) is 23.5 Å². The summed E-state index contributed by atoms with van der Waals surface area (Å²) in [6.07, 6.45) is 2.82. The van der Waals surface area contributed by atoms with E-state index in [0.717, 1.165) is 46.0 Å². The highest BCUT2D eigenvalue weighted by Gasteiger charge is 2.32. The van der Waals surface area contributed by atoms with Gasteiger partial charge in [-0.05, 0) is 56.0 Å². The van der Waals surface area contributed by atoms with Crippen LogP contribution in [-0.4, -0.2) is 18.6 Å². The third kappa shape index (κ3) is 3.18. The zero-order chi connectivity index (χ0) is 20.7. The van der Waals surface area contributed by atoms with Gasteiger partial charge in [-0.2, -0.15) is 0 Å². The van der Waals surface area contributed by atoms with Crippen molar-refractivity contribution >= 4 is 51.5 Å². The van der Waals surface area contributed by atoms with Gasteiger partial charge in [0.2, 0.25) is 0 Å². The van der Waals surface area contributed by atoms with Crippen molar-refractivity contribution in [3.05, 3.63) is 64.5 Å². The number of urea groups is 1. The highest BCUT2D eigenvalue weighted by molar-refractivity contribution is 7.99. The lowest BCUT2D eigenvalue weighted by Crippen LogP contribution is -2.33. The Kier molecular flexibility index (Phi) is 5.00. The zero-order valence-corrected chi connectivity index (χ0v) is 18.1. The summed E-state index contributed by atoms with van der Waals surface area (Å²) in [6.45, 7) is 2.10. The second-order valence-electron chi connectivity index (χ2n) is 7.09. The quantitative estimate of drug-likeness (QED) is 0.493. The molecule has 3 aromatic rings. The predicted octanol–water partition coefficient (Wildman–Crippen LogP) is 6.25. The minimum atomic E-state index is -0.359. The molecular weight excluding hydrogens is 416 g/mol. The number of esters is 1. The molecule has 2 aliphatic rings. The van der Waals surface area contributed by atoms with Gasteiger partial charge >= 0.3 is 12.0 Å². The molecule has 152 valence electrons. The van der Waals surface area contributed by atoms with Gasteiger partial charge in [0.25, 0.3) is 0 Å². The molecule has 0 radical (unpaired) electrons. The molecule has 5 nitrogen and oxygen atoms in total. The maximum absolute atomic E-state index is 13.5. The summed E-state index contributed by atoms with van der Waals surface area (Å²) in [4.78, 5) is 31.1. The number of amides is 2. The maximum atomic E-state index is 13.5. The first-order valence-electron chi connectivity index (χ1n) is 9.96. The molecular formula is C23H20N2O3S2. The molecule has 0 saturated carbocycles. The van der Waals surface area contributed by atoms with Crippen molar-refractivity contribution in [2.45, 2.75) is 36.0 Å². The number of hydrogen-bond acceptors (Lipinski definition) is 5. The van der Waals surface area contributed by atoms with Gasteiger partial charge in [0.1, 0.15) is 5.00 Å². The maximum Gasteiger partial charge on any atom is 0.341 e. The van der Waals surface area contributed by atoms with Crippen LogP contribution < -0.4 is 10.2 Å².